The smallest absolute Gasteiger partial charge is 0.254 e. The van der Waals surface area contributed by atoms with Gasteiger partial charge in [0.1, 0.15) is 0 Å². The number of benzene rings is 1. The number of fused-ring (bicyclic) bond motifs is 1. The Bertz CT molecular complexity index is 878. The fourth-order valence-electron chi connectivity index (χ4n) is 5.00. The van der Waals surface area contributed by atoms with E-state index in [-0.39, 0.29) is 11.8 Å². The average molecular weight is 393 g/mol. The van der Waals surface area contributed by atoms with Gasteiger partial charge in [-0.2, -0.15) is 0 Å². The van der Waals surface area contributed by atoms with Crippen LogP contribution < -0.4 is 5.32 Å². The number of nitrogens with zero attached hydrogens (tertiary/aromatic N) is 2. The number of pyridine rings is 1. The van der Waals surface area contributed by atoms with Crippen molar-refractivity contribution in [3.05, 3.63) is 59.9 Å². The number of amides is 2. The van der Waals surface area contributed by atoms with Crippen LogP contribution in [-0.2, 0) is 9.53 Å². The van der Waals surface area contributed by atoms with Crippen molar-refractivity contribution >= 4 is 17.5 Å². The second kappa shape index (κ2) is 8.33. The van der Waals surface area contributed by atoms with E-state index < -0.39 is 11.5 Å². The van der Waals surface area contributed by atoms with Gasteiger partial charge in [0.15, 0.2) is 0 Å². The highest BCUT2D eigenvalue weighted by Crippen LogP contribution is 2.49. The number of rotatable bonds is 5. The number of carbonyl (C=O) groups excluding carboxylic acids is 2. The predicted octanol–water partition coefficient (Wildman–Crippen LogP) is 3.61. The summed E-state index contributed by atoms with van der Waals surface area (Å²) in [4.78, 5) is 33.1. The minimum Gasteiger partial charge on any atom is -0.383 e. The minimum atomic E-state index is -0.519. The summed E-state index contributed by atoms with van der Waals surface area (Å²) in [5.41, 5.74) is 1.59. The fraction of sp³-hybridized carbons (Fsp3) is 0.435. The Hall–Kier alpha value is -2.73. The van der Waals surface area contributed by atoms with Gasteiger partial charge in [0.25, 0.3) is 5.91 Å². The molecule has 6 nitrogen and oxygen atoms in total. The second-order valence-corrected chi connectivity index (χ2v) is 7.87. The SMILES string of the molecule is COCCN1C(=O)c2ccccc2C(C(=O)Nc2cccnc2)C12CCCCC2. The third-order valence-corrected chi connectivity index (χ3v) is 6.25. The van der Waals surface area contributed by atoms with E-state index in [1.165, 1.54) is 0 Å². The zero-order chi connectivity index (χ0) is 20.3. The molecule has 0 radical (unpaired) electrons. The van der Waals surface area contributed by atoms with E-state index in [1.807, 2.05) is 35.2 Å². The molecule has 0 bridgehead atoms. The lowest BCUT2D eigenvalue weighted by molar-refractivity contribution is -0.122. The van der Waals surface area contributed by atoms with Crippen molar-refractivity contribution in [3.63, 3.8) is 0 Å². The molecule has 2 aliphatic rings. The Morgan fingerprint density at radius 1 is 1.21 bits per heavy atom. The summed E-state index contributed by atoms with van der Waals surface area (Å²) in [5, 5.41) is 3.04. The highest BCUT2D eigenvalue weighted by atomic mass is 16.5. The number of hydrogen-bond acceptors (Lipinski definition) is 4. The van der Waals surface area contributed by atoms with E-state index in [0.29, 0.717) is 24.4 Å². The third kappa shape index (κ3) is 3.53. The summed E-state index contributed by atoms with van der Waals surface area (Å²) in [6, 6.07) is 11.2. The molecule has 1 atom stereocenters. The van der Waals surface area contributed by atoms with Crippen LogP contribution in [0, 0.1) is 0 Å². The van der Waals surface area contributed by atoms with E-state index in [1.54, 1.807) is 25.6 Å². The van der Waals surface area contributed by atoms with Gasteiger partial charge in [0, 0.05) is 25.4 Å². The van der Waals surface area contributed by atoms with Gasteiger partial charge in [-0.25, -0.2) is 0 Å². The molecule has 1 saturated carbocycles. The first kappa shape index (κ1) is 19.6. The molecule has 1 aliphatic heterocycles. The molecule has 1 aromatic carbocycles. The summed E-state index contributed by atoms with van der Waals surface area (Å²) < 4.78 is 5.30. The molecule has 1 fully saturated rings. The van der Waals surface area contributed by atoms with Gasteiger partial charge in [-0.1, -0.05) is 37.5 Å². The molecule has 6 heteroatoms. The molecule has 2 aromatic rings. The number of carbonyl (C=O) groups is 2. The van der Waals surface area contributed by atoms with Crippen molar-refractivity contribution < 1.29 is 14.3 Å². The summed E-state index contributed by atoms with van der Waals surface area (Å²) in [7, 11) is 1.64. The minimum absolute atomic E-state index is 0.00461. The first-order valence-corrected chi connectivity index (χ1v) is 10.3. The molecule has 29 heavy (non-hydrogen) atoms. The van der Waals surface area contributed by atoms with Crippen molar-refractivity contribution in [1.29, 1.82) is 0 Å². The van der Waals surface area contributed by atoms with E-state index in [9.17, 15) is 9.59 Å². The number of nitrogens with one attached hydrogen (secondary N) is 1. The molecular weight excluding hydrogens is 366 g/mol. The Morgan fingerprint density at radius 2 is 2.00 bits per heavy atom. The molecular formula is C23H27N3O3. The molecule has 1 aromatic heterocycles. The first-order chi connectivity index (χ1) is 14.2. The summed E-state index contributed by atoms with van der Waals surface area (Å²) in [5.74, 6) is -0.499. The lowest BCUT2D eigenvalue weighted by Gasteiger charge is -2.53. The standard InChI is InChI=1S/C23H27N3O3/c1-29-15-14-26-22(28)19-10-4-3-9-18(19)20(23(26)11-5-2-6-12-23)21(27)25-17-8-7-13-24-16-17/h3-4,7-10,13,16,20H,2,5-6,11-12,14-15H2,1H3,(H,25,27). The molecule has 1 unspecified atom stereocenters. The van der Waals surface area contributed by atoms with Crippen LogP contribution in [0.2, 0.25) is 0 Å². The van der Waals surface area contributed by atoms with Crippen LogP contribution in [0.25, 0.3) is 0 Å². The topological polar surface area (TPSA) is 71.5 Å². The zero-order valence-corrected chi connectivity index (χ0v) is 16.8. The normalized spacial score (nSPS) is 20.4. The van der Waals surface area contributed by atoms with Gasteiger partial charge in [-0.3, -0.25) is 14.6 Å². The highest BCUT2D eigenvalue weighted by molar-refractivity contribution is 6.05. The molecule has 1 N–H and O–H groups in total. The van der Waals surface area contributed by atoms with Crippen molar-refractivity contribution in [2.24, 2.45) is 0 Å². The van der Waals surface area contributed by atoms with E-state index in [2.05, 4.69) is 10.3 Å². The van der Waals surface area contributed by atoms with Gasteiger partial charge in [-0.05, 0) is 36.6 Å². The number of methoxy groups -OCH3 is 1. The monoisotopic (exact) mass is 393 g/mol. The van der Waals surface area contributed by atoms with E-state index in [4.69, 9.17) is 4.74 Å². The zero-order valence-electron chi connectivity index (χ0n) is 16.8. The molecule has 4 rings (SSSR count). The quantitative estimate of drug-likeness (QED) is 0.842. The lowest BCUT2D eigenvalue weighted by atomic mass is 9.65. The van der Waals surface area contributed by atoms with E-state index >= 15 is 0 Å². The van der Waals surface area contributed by atoms with Crippen LogP contribution in [0.4, 0.5) is 5.69 Å². The maximum Gasteiger partial charge on any atom is 0.254 e. The molecule has 152 valence electrons. The molecule has 1 aliphatic carbocycles. The van der Waals surface area contributed by atoms with Crippen LogP contribution in [0.1, 0.15) is 53.9 Å². The summed E-state index contributed by atoms with van der Waals surface area (Å²) >= 11 is 0. The lowest BCUT2D eigenvalue weighted by Crippen LogP contribution is -2.62. The fourth-order valence-corrected chi connectivity index (χ4v) is 5.00. The van der Waals surface area contributed by atoms with Crippen molar-refractivity contribution in [3.8, 4) is 0 Å². The Labute approximate surface area is 171 Å². The van der Waals surface area contributed by atoms with Crippen molar-refractivity contribution in [2.45, 2.75) is 43.6 Å². The largest absolute Gasteiger partial charge is 0.383 e. The van der Waals surface area contributed by atoms with Crippen LogP contribution in [0.5, 0.6) is 0 Å². The summed E-state index contributed by atoms with van der Waals surface area (Å²) in [6.45, 7) is 0.937. The van der Waals surface area contributed by atoms with Crippen molar-refractivity contribution in [2.75, 3.05) is 25.6 Å². The van der Waals surface area contributed by atoms with Gasteiger partial charge in [0.2, 0.25) is 5.91 Å². The van der Waals surface area contributed by atoms with Crippen LogP contribution in [-0.4, -0.2) is 47.5 Å². The maximum atomic E-state index is 13.6. The third-order valence-electron chi connectivity index (χ3n) is 6.25. The van der Waals surface area contributed by atoms with Crippen LogP contribution in [0.3, 0.4) is 0 Å². The number of aromatic nitrogens is 1. The summed E-state index contributed by atoms with van der Waals surface area (Å²) in [6.07, 6.45) is 8.12. The van der Waals surface area contributed by atoms with Gasteiger partial charge < -0.3 is 15.0 Å². The Morgan fingerprint density at radius 3 is 2.72 bits per heavy atom. The molecule has 1 spiro atoms. The highest BCUT2D eigenvalue weighted by Gasteiger charge is 2.54. The van der Waals surface area contributed by atoms with Crippen molar-refractivity contribution in [1.82, 2.24) is 9.88 Å². The Kier molecular flexibility index (Phi) is 5.62. The van der Waals surface area contributed by atoms with Gasteiger partial charge in [-0.15, -0.1) is 0 Å². The van der Waals surface area contributed by atoms with E-state index in [0.717, 1.165) is 37.7 Å². The maximum absolute atomic E-state index is 13.6. The first-order valence-electron chi connectivity index (χ1n) is 10.3. The molecule has 2 amide bonds. The average Bonchev–Trinajstić information content (AvgIpc) is 2.75. The van der Waals surface area contributed by atoms with Gasteiger partial charge in [0.05, 0.1) is 29.9 Å². The van der Waals surface area contributed by atoms with Crippen LogP contribution in [0.15, 0.2) is 48.8 Å². The number of hydrogen-bond donors (Lipinski definition) is 1. The predicted molar refractivity (Wildman–Crippen MR) is 111 cm³/mol. The van der Waals surface area contributed by atoms with Crippen LogP contribution >= 0.6 is 0 Å². The van der Waals surface area contributed by atoms with Gasteiger partial charge >= 0.3 is 0 Å². The molecule has 2 heterocycles. The number of anilines is 1. The molecule has 0 saturated heterocycles. The number of ether oxygens (including phenoxy) is 1. The Balaban J connectivity index is 1.80. The second-order valence-electron chi connectivity index (χ2n) is 7.87.